The standard InChI is InChI=1S/C32H39NO3/c1-32(2,24-34)28-17-15-25(16-18-28)30(35)14-9-21-33-22-19-29(20-23-33)36-31(26-10-5-3-6-11-26)27-12-7-4-8-13-27/h3-8,10-13,15-18,29,31,34H,9,14,19-24H2,1-2H3. The third kappa shape index (κ3) is 6.91. The van der Waals surface area contributed by atoms with Crippen molar-refractivity contribution in [3.8, 4) is 0 Å². The van der Waals surface area contributed by atoms with E-state index in [1.165, 1.54) is 11.1 Å². The minimum absolute atomic E-state index is 0.0455. The van der Waals surface area contributed by atoms with Gasteiger partial charge in [0.05, 0.1) is 12.7 Å². The third-order valence-corrected chi connectivity index (χ3v) is 7.33. The number of hydrogen-bond acceptors (Lipinski definition) is 4. The van der Waals surface area contributed by atoms with E-state index in [0.29, 0.717) is 6.42 Å². The van der Waals surface area contributed by atoms with E-state index in [9.17, 15) is 9.90 Å². The number of carbonyl (C=O) groups is 1. The topological polar surface area (TPSA) is 49.8 Å². The molecule has 4 nitrogen and oxygen atoms in total. The van der Waals surface area contributed by atoms with Gasteiger partial charge in [-0.25, -0.2) is 0 Å². The molecule has 3 aromatic rings. The van der Waals surface area contributed by atoms with Crippen molar-refractivity contribution in [2.45, 2.75) is 57.2 Å². The lowest BCUT2D eigenvalue weighted by Crippen LogP contribution is -2.38. The Hall–Kier alpha value is -2.79. The lowest BCUT2D eigenvalue weighted by Gasteiger charge is -2.34. The summed E-state index contributed by atoms with van der Waals surface area (Å²) in [6.45, 7) is 7.03. The Bertz CT molecular complexity index is 1030. The van der Waals surface area contributed by atoms with Crippen molar-refractivity contribution in [1.82, 2.24) is 4.90 Å². The van der Waals surface area contributed by atoms with Crippen LogP contribution in [-0.2, 0) is 10.2 Å². The fourth-order valence-corrected chi connectivity index (χ4v) is 4.87. The van der Waals surface area contributed by atoms with Crippen molar-refractivity contribution in [2.75, 3.05) is 26.2 Å². The van der Waals surface area contributed by atoms with Crippen LogP contribution in [0.25, 0.3) is 0 Å². The van der Waals surface area contributed by atoms with E-state index in [-0.39, 0.29) is 30.0 Å². The molecule has 0 saturated carbocycles. The number of ketones is 1. The molecule has 190 valence electrons. The van der Waals surface area contributed by atoms with Gasteiger partial charge in [-0.2, -0.15) is 0 Å². The fourth-order valence-electron chi connectivity index (χ4n) is 4.87. The van der Waals surface area contributed by atoms with E-state index in [4.69, 9.17) is 4.74 Å². The smallest absolute Gasteiger partial charge is 0.162 e. The van der Waals surface area contributed by atoms with Crippen LogP contribution in [0.5, 0.6) is 0 Å². The molecule has 4 rings (SSSR count). The Morgan fingerprint density at radius 2 is 1.47 bits per heavy atom. The fraction of sp³-hybridized carbons (Fsp3) is 0.406. The van der Waals surface area contributed by atoms with Gasteiger partial charge in [0.2, 0.25) is 0 Å². The summed E-state index contributed by atoms with van der Waals surface area (Å²) in [5.41, 5.74) is 3.90. The van der Waals surface area contributed by atoms with Crippen LogP contribution in [0.4, 0.5) is 0 Å². The van der Waals surface area contributed by atoms with Gasteiger partial charge in [0.15, 0.2) is 5.78 Å². The number of likely N-dealkylation sites (tertiary alicyclic amines) is 1. The summed E-state index contributed by atoms with van der Waals surface area (Å²) in [7, 11) is 0. The molecule has 0 spiro atoms. The first-order valence-electron chi connectivity index (χ1n) is 13.2. The average molecular weight is 486 g/mol. The molecule has 0 radical (unpaired) electrons. The van der Waals surface area contributed by atoms with Crippen LogP contribution >= 0.6 is 0 Å². The number of carbonyl (C=O) groups excluding carboxylic acids is 1. The Kier molecular flexibility index (Phi) is 9.08. The molecule has 0 aliphatic carbocycles. The summed E-state index contributed by atoms with van der Waals surface area (Å²) in [5, 5.41) is 9.55. The first-order chi connectivity index (χ1) is 17.5. The van der Waals surface area contributed by atoms with Gasteiger partial charge in [-0.05, 0) is 42.5 Å². The van der Waals surface area contributed by atoms with E-state index in [1.54, 1.807) is 0 Å². The second-order valence-electron chi connectivity index (χ2n) is 10.5. The second-order valence-corrected chi connectivity index (χ2v) is 10.5. The highest BCUT2D eigenvalue weighted by Gasteiger charge is 2.25. The highest BCUT2D eigenvalue weighted by Crippen LogP contribution is 2.30. The van der Waals surface area contributed by atoms with Gasteiger partial charge in [-0.1, -0.05) is 98.8 Å². The van der Waals surface area contributed by atoms with E-state index in [1.807, 2.05) is 50.2 Å². The molecule has 1 fully saturated rings. The van der Waals surface area contributed by atoms with Crippen LogP contribution < -0.4 is 0 Å². The van der Waals surface area contributed by atoms with Crippen LogP contribution in [0.15, 0.2) is 84.9 Å². The van der Waals surface area contributed by atoms with Gasteiger partial charge in [0, 0.05) is 30.5 Å². The predicted octanol–water partition coefficient (Wildman–Crippen LogP) is 6.19. The van der Waals surface area contributed by atoms with Crippen molar-refractivity contribution < 1.29 is 14.6 Å². The largest absolute Gasteiger partial charge is 0.395 e. The summed E-state index contributed by atoms with van der Waals surface area (Å²) < 4.78 is 6.66. The number of Topliss-reactive ketones (excluding diaryl/α,β-unsaturated/α-hetero) is 1. The number of rotatable bonds is 11. The zero-order chi connectivity index (χ0) is 25.4. The molecule has 0 amide bonds. The zero-order valence-corrected chi connectivity index (χ0v) is 21.6. The van der Waals surface area contributed by atoms with Gasteiger partial charge >= 0.3 is 0 Å². The molecule has 3 aromatic carbocycles. The maximum atomic E-state index is 12.7. The average Bonchev–Trinajstić information content (AvgIpc) is 2.93. The summed E-state index contributed by atoms with van der Waals surface area (Å²) in [6, 6.07) is 28.7. The van der Waals surface area contributed by atoms with Crippen molar-refractivity contribution in [2.24, 2.45) is 0 Å². The SMILES string of the molecule is CC(C)(CO)c1ccc(C(=O)CCCN2CCC(OC(c3ccccc3)c3ccccc3)CC2)cc1. The molecule has 1 N–H and O–H groups in total. The molecule has 1 saturated heterocycles. The van der Waals surface area contributed by atoms with Crippen LogP contribution in [0.3, 0.4) is 0 Å². The van der Waals surface area contributed by atoms with Crippen molar-refractivity contribution in [3.63, 3.8) is 0 Å². The summed E-state index contributed by atoms with van der Waals surface area (Å²) >= 11 is 0. The monoisotopic (exact) mass is 485 g/mol. The summed E-state index contributed by atoms with van der Waals surface area (Å²) in [4.78, 5) is 15.1. The van der Waals surface area contributed by atoms with Gasteiger partial charge in [-0.15, -0.1) is 0 Å². The Labute approximate surface area is 215 Å². The minimum atomic E-state index is -0.292. The summed E-state index contributed by atoms with van der Waals surface area (Å²) in [5.74, 6) is 0.190. The van der Waals surface area contributed by atoms with Crippen molar-refractivity contribution >= 4 is 5.78 Å². The lowest BCUT2D eigenvalue weighted by molar-refractivity contribution is -0.0270. The molecule has 4 heteroatoms. The number of nitrogens with zero attached hydrogens (tertiary/aromatic N) is 1. The highest BCUT2D eigenvalue weighted by molar-refractivity contribution is 5.96. The predicted molar refractivity (Wildman–Crippen MR) is 145 cm³/mol. The molecular formula is C32H39NO3. The number of benzene rings is 3. The maximum absolute atomic E-state index is 12.7. The van der Waals surface area contributed by atoms with Gasteiger partial charge in [0.25, 0.3) is 0 Å². The van der Waals surface area contributed by atoms with Gasteiger partial charge in [-0.3, -0.25) is 4.79 Å². The number of ether oxygens (including phenoxy) is 1. The zero-order valence-electron chi connectivity index (χ0n) is 21.6. The Morgan fingerprint density at radius 1 is 0.917 bits per heavy atom. The first-order valence-corrected chi connectivity index (χ1v) is 13.2. The van der Waals surface area contributed by atoms with E-state index in [0.717, 1.165) is 50.0 Å². The molecule has 0 unspecified atom stereocenters. The molecule has 1 aliphatic heterocycles. The quantitative estimate of drug-likeness (QED) is 0.329. The number of piperidine rings is 1. The Balaban J connectivity index is 1.23. The van der Waals surface area contributed by atoms with Crippen LogP contribution in [0.2, 0.25) is 0 Å². The van der Waals surface area contributed by atoms with Crippen molar-refractivity contribution in [1.29, 1.82) is 0 Å². The molecule has 36 heavy (non-hydrogen) atoms. The van der Waals surface area contributed by atoms with E-state index >= 15 is 0 Å². The third-order valence-electron chi connectivity index (χ3n) is 7.33. The maximum Gasteiger partial charge on any atom is 0.162 e. The Morgan fingerprint density at radius 3 is 2.00 bits per heavy atom. The van der Waals surface area contributed by atoms with Crippen LogP contribution in [0.1, 0.15) is 72.7 Å². The van der Waals surface area contributed by atoms with Gasteiger partial charge in [0.1, 0.15) is 6.10 Å². The number of aliphatic hydroxyl groups excluding tert-OH is 1. The van der Waals surface area contributed by atoms with Crippen molar-refractivity contribution in [3.05, 3.63) is 107 Å². The first kappa shape index (κ1) is 26.3. The molecule has 1 heterocycles. The molecular weight excluding hydrogens is 446 g/mol. The summed E-state index contributed by atoms with van der Waals surface area (Å²) in [6.07, 6.45) is 3.62. The lowest BCUT2D eigenvalue weighted by atomic mass is 9.85. The van der Waals surface area contributed by atoms with E-state index < -0.39 is 0 Å². The second kappa shape index (κ2) is 12.4. The number of aliphatic hydroxyl groups is 1. The normalized spacial score (nSPS) is 15.3. The molecule has 0 atom stereocenters. The number of hydrogen-bond donors (Lipinski definition) is 1. The highest BCUT2D eigenvalue weighted by atomic mass is 16.5. The van der Waals surface area contributed by atoms with Crippen LogP contribution in [-0.4, -0.2) is 48.1 Å². The van der Waals surface area contributed by atoms with Crippen LogP contribution in [0, 0.1) is 0 Å². The molecule has 1 aliphatic rings. The van der Waals surface area contributed by atoms with E-state index in [2.05, 4.69) is 53.4 Å². The van der Waals surface area contributed by atoms with Gasteiger partial charge < -0.3 is 14.7 Å². The minimum Gasteiger partial charge on any atom is -0.395 e. The molecule has 0 bridgehead atoms. The molecule has 0 aromatic heterocycles.